The van der Waals surface area contributed by atoms with Crippen molar-refractivity contribution < 1.29 is 4.79 Å². The zero-order valence-electron chi connectivity index (χ0n) is 14.4. The van der Waals surface area contributed by atoms with Gasteiger partial charge in [0.2, 0.25) is 5.91 Å². The van der Waals surface area contributed by atoms with Gasteiger partial charge in [-0.15, -0.1) is 34.4 Å². The molecule has 1 N–H and O–H groups in total. The van der Waals surface area contributed by atoms with E-state index in [1.54, 1.807) is 23.1 Å². The lowest BCUT2D eigenvalue weighted by atomic mass is 10.2. The van der Waals surface area contributed by atoms with Crippen LogP contribution in [0.15, 0.2) is 38.2 Å². The summed E-state index contributed by atoms with van der Waals surface area (Å²) in [5.74, 6) is -0.299. The topological polar surface area (TPSA) is 76.9 Å². The van der Waals surface area contributed by atoms with Crippen molar-refractivity contribution in [2.75, 3.05) is 11.6 Å². The van der Waals surface area contributed by atoms with Crippen molar-refractivity contribution in [3.63, 3.8) is 0 Å². The summed E-state index contributed by atoms with van der Waals surface area (Å²) in [6.45, 7) is 1.80. The molecule has 0 atom stereocenters. The molecule has 4 aromatic heterocycles. The van der Waals surface area contributed by atoms with E-state index in [1.165, 1.54) is 33.6 Å². The molecule has 0 aromatic carbocycles. The van der Waals surface area contributed by atoms with Crippen molar-refractivity contribution in [3.05, 3.63) is 45.3 Å². The highest BCUT2D eigenvalue weighted by Gasteiger charge is 2.16. The number of nitrogens with zero attached hydrogens (tertiary/aromatic N) is 3. The van der Waals surface area contributed by atoms with Gasteiger partial charge in [-0.3, -0.25) is 14.2 Å². The standard InChI is InChI=1S/C17H14N4O2S4/c1-9-16(24-2)27-17(19-9)20-12(22)6-21-8-18-14-13(15(21)23)10(7-26-14)11-4-3-5-25-11/h3-5,7-8H,6H2,1-2H3,(H,19,20,22). The molecule has 138 valence electrons. The quantitative estimate of drug-likeness (QED) is 0.474. The summed E-state index contributed by atoms with van der Waals surface area (Å²) in [4.78, 5) is 35.7. The lowest BCUT2D eigenvalue weighted by Gasteiger charge is -2.05. The van der Waals surface area contributed by atoms with Crippen LogP contribution >= 0.6 is 45.8 Å². The maximum absolute atomic E-state index is 12.9. The first-order chi connectivity index (χ1) is 13.1. The van der Waals surface area contributed by atoms with Gasteiger partial charge < -0.3 is 5.32 Å². The lowest BCUT2D eigenvalue weighted by molar-refractivity contribution is -0.116. The van der Waals surface area contributed by atoms with E-state index in [0.29, 0.717) is 15.3 Å². The molecule has 27 heavy (non-hydrogen) atoms. The molecule has 0 saturated heterocycles. The van der Waals surface area contributed by atoms with Crippen LogP contribution in [0.4, 0.5) is 5.13 Å². The molecule has 6 nitrogen and oxygen atoms in total. The number of aryl methyl sites for hydroxylation is 1. The van der Waals surface area contributed by atoms with Gasteiger partial charge in [0.25, 0.3) is 5.56 Å². The number of thioether (sulfide) groups is 1. The summed E-state index contributed by atoms with van der Waals surface area (Å²) in [7, 11) is 0. The number of rotatable bonds is 5. The van der Waals surface area contributed by atoms with E-state index in [2.05, 4.69) is 15.3 Å². The number of carbonyl (C=O) groups excluding carboxylic acids is 1. The minimum Gasteiger partial charge on any atom is -0.300 e. The fourth-order valence-electron chi connectivity index (χ4n) is 2.63. The minimum atomic E-state index is -0.299. The van der Waals surface area contributed by atoms with E-state index in [4.69, 9.17) is 0 Å². The van der Waals surface area contributed by atoms with Gasteiger partial charge in [0.1, 0.15) is 11.4 Å². The summed E-state index contributed by atoms with van der Waals surface area (Å²) in [5.41, 5.74) is 1.55. The van der Waals surface area contributed by atoms with Crippen molar-refractivity contribution in [2.45, 2.75) is 17.7 Å². The number of thiophene rings is 2. The van der Waals surface area contributed by atoms with Crippen molar-refractivity contribution >= 4 is 67.0 Å². The van der Waals surface area contributed by atoms with E-state index in [1.807, 2.05) is 36.1 Å². The Kier molecular flexibility index (Phi) is 5.13. The van der Waals surface area contributed by atoms with E-state index >= 15 is 0 Å². The van der Waals surface area contributed by atoms with Crippen LogP contribution in [0, 0.1) is 6.92 Å². The van der Waals surface area contributed by atoms with Gasteiger partial charge in [0.15, 0.2) is 5.13 Å². The molecule has 0 aliphatic carbocycles. The molecular weight excluding hydrogens is 420 g/mol. The molecular formula is C17H14N4O2S4. The summed E-state index contributed by atoms with van der Waals surface area (Å²) in [6, 6.07) is 3.93. The van der Waals surface area contributed by atoms with Crippen LogP contribution in [-0.4, -0.2) is 26.7 Å². The molecule has 0 spiro atoms. The molecule has 0 saturated carbocycles. The first-order valence-corrected chi connectivity index (χ1v) is 11.7. The van der Waals surface area contributed by atoms with Crippen LogP contribution in [0.5, 0.6) is 0 Å². The number of hydrogen-bond donors (Lipinski definition) is 1. The minimum absolute atomic E-state index is 0.102. The fourth-order valence-corrected chi connectivity index (χ4v) is 5.98. The Hall–Kier alpha value is -2.01. The largest absolute Gasteiger partial charge is 0.300 e. The summed E-state index contributed by atoms with van der Waals surface area (Å²) in [6.07, 6.45) is 3.40. The highest BCUT2D eigenvalue weighted by Crippen LogP contribution is 2.33. The van der Waals surface area contributed by atoms with E-state index in [9.17, 15) is 9.59 Å². The first kappa shape index (κ1) is 18.4. The molecule has 0 aliphatic heterocycles. The summed E-state index contributed by atoms with van der Waals surface area (Å²) >= 11 is 6.03. The summed E-state index contributed by atoms with van der Waals surface area (Å²) in [5, 5.41) is 7.79. The molecule has 0 unspecified atom stereocenters. The fraction of sp³-hybridized carbons (Fsp3) is 0.176. The Bertz CT molecular complexity index is 1170. The van der Waals surface area contributed by atoms with Gasteiger partial charge >= 0.3 is 0 Å². The van der Waals surface area contributed by atoms with Gasteiger partial charge in [-0.05, 0) is 24.6 Å². The smallest absolute Gasteiger partial charge is 0.263 e. The zero-order chi connectivity index (χ0) is 19.0. The number of amides is 1. The first-order valence-electron chi connectivity index (χ1n) is 7.88. The number of aromatic nitrogens is 3. The lowest BCUT2D eigenvalue weighted by Crippen LogP contribution is -2.27. The highest BCUT2D eigenvalue weighted by molar-refractivity contribution is 8.00. The molecule has 0 bridgehead atoms. The maximum atomic E-state index is 12.9. The molecule has 10 heteroatoms. The van der Waals surface area contributed by atoms with Crippen molar-refractivity contribution in [1.82, 2.24) is 14.5 Å². The van der Waals surface area contributed by atoms with Crippen LogP contribution in [0.2, 0.25) is 0 Å². The van der Waals surface area contributed by atoms with Crippen molar-refractivity contribution in [2.24, 2.45) is 0 Å². The average Bonchev–Trinajstić information content (AvgIpc) is 3.36. The third kappa shape index (κ3) is 3.57. The van der Waals surface area contributed by atoms with Crippen molar-refractivity contribution in [3.8, 4) is 10.4 Å². The Morgan fingerprint density at radius 2 is 2.22 bits per heavy atom. The Morgan fingerprint density at radius 3 is 2.93 bits per heavy atom. The SMILES string of the molecule is CSc1sc(NC(=O)Cn2cnc3scc(-c4cccs4)c3c2=O)nc1C. The van der Waals surface area contributed by atoms with Gasteiger partial charge in [-0.2, -0.15) is 0 Å². The molecule has 0 aliphatic rings. The zero-order valence-corrected chi connectivity index (χ0v) is 17.7. The normalized spacial score (nSPS) is 11.2. The maximum Gasteiger partial charge on any atom is 0.263 e. The molecule has 4 rings (SSSR count). The van der Waals surface area contributed by atoms with Gasteiger partial charge in [0.05, 0.1) is 21.6 Å². The number of fused-ring (bicyclic) bond motifs is 1. The second-order valence-corrected chi connectivity index (χ2v) is 9.51. The monoisotopic (exact) mass is 434 g/mol. The van der Waals surface area contributed by atoms with Gasteiger partial charge in [0, 0.05) is 15.8 Å². The Labute approximate surface area is 170 Å². The number of carbonyl (C=O) groups is 1. The number of nitrogens with one attached hydrogen (secondary N) is 1. The van der Waals surface area contributed by atoms with Gasteiger partial charge in [-0.1, -0.05) is 17.4 Å². The average molecular weight is 435 g/mol. The summed E-state index contributed by atoms with van der Waals surface area (Å²) < 4.78 is 2.40. The number of anilines is 1. The molecule has 0 radical (unpaired) electrons. The van der Waals surface area contributed by atoms with Crippen LogP contribution in [0.25, 0.3) is 20.7 Å². The third-order valence-corrected chi connectivity index (χ3v) is 7.92. The third-order valence-electron chi connectivity index (χ3n) is 3.85. The van der Waals surface area contributed by atoms with Crippen LogP contribution in [-0.2, 0) is 11.3 Å². The van der Waals surface area contributed by atoms with Crippen LogP contribution < -0.4 is 10.9 Å². The van der Waals surface area contributed by atoms with E-state index < -0.39 is 0 Å². The van der Waals surface area contributed by atoms with E-state index in [0.717, 1.165) is 20.3 Å². The predicted octanol–water partition coefficient (Wildman–Crippen LogP) is 4.31. The molecule has 4 heterocycles. The predicted molar refractivity (Wildman–Crippen MR) is 114 cm³/mol. The Morgan fingerprint density at radius 1 is 1.37 bits per heavy atom. The van der Waals surface area contributed by atoms with Gasteiger partial charge in [-0.25, -0.2) is 9.97 Å². The second kappa shape index (κ2) is 7.55. The highest BCUT2D eigenvalue weighted by atomic mass is 32.2. The van der Waals surface area contributed by atoms with Crippen molar-refractivity contribution in [1.29, 1.82) is 0 Å². The number of thiazole rings is 1. The van der Waals surface area contributed by atoms with Crippen LogP contribution in [0.3, 0.4) is 0 Å². The molecule has 0 fully saturated rings. The van der Waals surface area contributed by atoms with Crippen LogP contribution in [0.1, 0.15) is 5.69 Å². The van der Waals surface area contributed by atoms with E-state index in [-0.39, 0.29) is 18.0 Å². The second-order valence-electron chi connectivity index (χ2n) is 5.63. The Balaban J connectivity index is 1.62. The molecule has 4 aromatic rings. The molecule has 1 amide bonds. The number of hydrogen-bond acceptors (Lipinski definition) is 8.